The molecule has 0 saturated carbocycles. The summed E-state index contributed by atoms with van der Waals surface area (Å²) in [6, 6.07) is 14.9. The van der Waals surface area contributed by atoms with Crippen LogP contribution < -0.4 is 10.6 Å². The lowest BCUT2D eigenvalue weighted by atomic mass is 10.0. The van der Waals surface area contributed by atoms with Crippen molar-refractivity contribution in [3.63, 3.8) is 0 Å². The summed E-state index contributed by atoms with van der Waals surface area (Å²) in [6.07, 6.45) is 1.71. The standard InChI is InChI=1S/C23H24N2O4/c1-16-7-8-21-18(11-16)12-19(22(26)24-21)13-25(14-20-15-28-9-10-29-20)23(27)17-5-3-2-4-6-17/h2-8,11-12,19-20H,9-10,13-15H2,1H3. The molecule has 2 amide bonds. The Morgan fingerprint density at radius 2 is 1.97 bits per heavy atom. The SMILES string of the molecule is Cc1ccc2c(c1)=CC(CN(CC1COCCO1)C(=O)c1ccccc1)C(=O)N=2. The molecule has 0 radical (unpaired) electrons. The molecule has 0 aromatic heterocycles. The monoisotopic (exact) mass is 392 g/mol. The highest BCUT2D eigenvalue weighted by Crippen LogP contribution is 2.14. The Kier molecular flexibility index (Phi) is 5.83. The van der Waals surface area contributed by atoms with Crippen molar-refractivity contribution in [1.29, 1.82) is 0 Å². The second kappa shape index (κ2) is 8.68. The van der Waals surface area contributed by atoms with E-state index < -0.39 is 5.92 Å². The number of hydrogen-bond acceptors (Lipinski definition) is 4. The second-order valence-corrected chi connectivity index (χ2v) is 7.43. The van der Waals surface area contributed by atoms with Crippen LogP contribution in [0.15, 0.2) is 53.5 Å². The van der Waals surface area contributed by atoms with E-state index in [-0.39, 0.29) is 24.5 Å². The fraction of sp³-hybridized carbons (Fsp3) is 0.348. The average Bonchev–Trinajstić information content (AvgIpc) is 2.75. The lowest BCUT2D eigenvalue weighted by molar-refractivity contribution is -0.121. The molecule has 0 aliphatic carbocycles. The van der Waals surface area contributed by atoms with E-state index in [9.17, 15) is 9.59 Å². The van der Waals surface area contributed by atoms with Crippen LogP contribution in [-0.2, 0) is 14.3 Å². The first-order valence-corrected chi connectivity index (χ1v) is 9.85. The summed E-state index contributed by atoms with van der Waals surface area (Å²) < 4.78 is 11.2. The molecule has 2 aromatic rings. The van der Waals surface area contributed by atoms with E-state index in [4.69, 9.17) is 9.47 Å². The van der Waals surface area contributed by atoms with Crippen molar-refractivity contribution in [1.82, 2.24) is 4.90 Å². The first-order valence-electron chi connectivity index (χ1n) is 9.85. The van der Waals surface area contributed by atoms with Crippen molar-refractivity contribution in [2.24, 2.45) is 10.9 Å². The summed E-state index contributed by atoms with van der Waals surface area (Å²) in [6.45, 7) is 4.13. The Balaban J connectivity index is 1.60. The molecule has 1 fully saturated rings. The van der Waals surface area contributed by atoms with Crippen molar-refractivity contribution in [2.75, 3.05) is 32.9 Å². The molecule has 0 spiro atoms. The largest absolute Gasteiger partial charge is 0.376 e. The van der Waals surface area contributed by atoms with Gasteiger partial charge in [0.1, 0.15) is 0 Å². The molecule has 2 unspecified atom stereocenters. The van der Waals surface area contributed by atoms with E-state index in [2.05, 4.69) is 4.99 Å². The van der Waals surface area contributed by atoms with Crippen LogP contribution in [-0.4, -0.2) is 55.7 Å². The number of amides is 2. The number of carbonyl (C=O) groups is 2. The zero-order valence-electron chi connectivity index (χ0n) is 16.4. The van der Waals surface area contributed by atoms with Gasteiger partial charge in [-0.25, -0.2) is 4.99 Å². The summed E-state index contributed by atoms with van der Waals surface area (Å²) in [5, 5.41) is 1.61. The number of hydrogen-bond donors (Lipinski definition) is 0. The Hall–Kier alpha value is -2.83. The topological polar surface area (TPSA) is 68.2 Å². The van der Waals surface area contributed by atoms with Gasteiger partial charge in [0.2, 0.25) is 0 Å². The van der Waals surface area contributed by atoms with E-state index in [1.807, 2.05) is 49.4 Å². The Morgan fingerprint density at radius 3 is 2.72 bits per heavy atom. The van der Waals surface area contributed by atoms with Gasteiger partial charge in [-0.1, -0.05) is 42.0 Å². The summed E-state index contributed by atoms with van der Waals surface area (Å²) in [4.78, 5) is 31.7. The molecule has 1 saturated heterocycles. The molecule has 2 atom stereocenters. The molecule has 2 aromatic carbocycles. The van der Waals surface area contributed by atoms with Gasteiger partial charge in [0, 0.05) is 18.7 Å². The van der Waals surface area contributed by atoms with Crippen LogP contribution >= 0.6 is 0 Å². The van der Waals surface area contributed by atoms with E-state index in [0.29, 0.717) is 37.3 Å². The predicted molar refractivity (Wildman–Crippen MR) is 108 cm³/mol. The van der Waals surface area contributed by atoms with Crippen LogP contribution in [0.5, 0.6) is 0 Å². The summed E-state index contributed by atoms with van der Waals surface area (Å²) in [7, 11) is 0. The number of rotatable bonds is 5. The van der Waals surface area contributed by atoms with Gasteiger partial charge in [-0.2, -0.15) is 0 Å². The van der Waals surface area contributed by atoms with Crippen LogP contribution in [0.1, 0.15) is 15.9 Å². The first kappa shape index (κ1) is 19.5. The Bertz CT molecular complexity index is 1010. The number of ether oxygens (including phenoxy) is 2. The molecule has 150 valence electrons. The highest BCUT2D eigenvalue weighted by molar-refractivity contribution is 5.95. The molecular formula is C23H24N2O4. The highest BCUT2D eigenvalue weighted by atomic mass is 16.6. The lowest BCUT2D eigenvalue weighted by Gasteiger charge is -2.31. The van der Waals surface area contributed by atoms with Crippen molar-refractivity contribution in [3.8, 4) is 0 Å². The second-order valence-electron chi connectivity index (χ2n) is 7.43. The van der Waals surface area contributed by atoms with Crippen molar-refractivity contribution in [2.45, 2.75) is 13.0 Å². The molecule has 4 rings (SSSR count). The minimum absolute atomic E-state index is 0.129. The molecule has 6 heteroatoms. The van der Waals surface area contributed by atoms with E-state index in [0.717, 1.165) is 10.8 Å². The van der Waals surface area contributed by atoms with Crippen LogP contribution in [0.4, 0.5) is 0 Å². The lowest BCUT2D eigenvalue weighted by Crippen LogP contribution is -2.46. The number of aryl methyl sites for hydroxylation is 1. The summed E-state index contributed by atoms with van der Waals surface area (Å²) in [5.41, 5.74) is 1.69. The van der Waals surface area contributed by atoms with Gasteiger partial charge >= 0.3 is 0 Å². The smallest absolute Gasteiger partial charge is 0.254 e. The predicted octanol–water partition coefficient (Wildman–Crippen LogP) is 1.11. The van der Waals surface area contributed by atoms with Crippen LogP contribution in [0.25, 0.3) is 6.08 Å². The van der Waals surface area contributed by atoms with Gasteiger partial charge in [0.25, 0.3) is 11.8 Å². The fourth-order valence-corrected chi connectivity index (χ4v) is 3.66. The summed E-state index contributed by atoms with van der Waals surface area (Å²) >= 11 is 0. The van der Waals surface area contributed by atoms with E-state index in [1.165, 1.54) is 0 Å². The molecule has 29 heavy (non-hydrogen) atoms. The zero-order chi connectivity index (χ0) is 20.2. The third kappa shape index (κ3) is 4.60. The van der Waals surface area contributed by atoms with Gasteiger partial charge in [0.15, 0.2) is 0 Å². The van der Waals surface area contributed by atoms with Crippen LogP contribution in [0.3, 0.4) is 0 Å². The maximum atomic E-state index is 13.2. The normalized spacial score (nSPS) is 20.9. The van der Waals surface area contributed by atoms with Gasteiger partial charge in [0.05, 0.1) is 37.2 Å². The fourth-order valence-electron chi connectivity index (χ4n) is 3.66. The third-order valence-corrected chi connectivity index (χ3v) is 5.15. The van der Waals surface area contributed by atoms with Crippen molar-refractivity contribution < 1.29 is 19.1 Å². The van der Waals surface area contributed by atoms with E-state index >= 15 is 0 Å². The number of nitrogens with zero attached hydrogens (tertiary/aromatic N) is 2. The molecule has 2 aliphatic rings. The molecule has 0 bridgehead atoms. The maximum absolute atomic E-state index is 13.2. The third-order valence-electron chi connectivity index (χ3n) is 5.15. The Morgan fingerprint density at radius 1 is 1.14 bits per heavy atom. The molecule has 2 aliphatic heterocycles. The molecule has 6 nitrogen and oxygen atoms in total. The number of fused-ring (bicyclic) bond motifs is 1. The summed E-state index contributed by atoms with van der Waals surface area (Å²) in [5.74, 6) is -0.842. The highest BCUT2D eigenvalue weighted by Gasteiger charge is 2.28. The quantitative estimate of drug-likeness (QED) is 0.765. The van der Waals surface area contributed by atoms with E-state index in [1.54, 1.807) is 17.0 Å². The minimum atomic E-state index is -0.485. The van der Waals surface area contributed by atoms with Crippen LogP contribution in [0, 0.1) is 12.8 Å². The minimum Gasteiger partial charge on any atom is -0.376 e. The van der Waals surface area contributed by atoms with Crippen molar-refractivity contribution in [3.05, 3.63) is 70.2 Å². The molecular weight excluding hydrogens is 368 g/mol. The molecule has 0 N–H and O–H groups in total. The van der Waals surface area contributed by atoms with Gasteiger partial charge < -0.3 is 14.4 Å². The zero-order valence-corrected chi connectivity index (χ0v) is 16.4. The first-order chi connectivity index (χ1) is 14.1. The number of carbonyl (C=O) groups excluding carboxylic acids is 2. The average molecular weight is 392 g/mol. The van der Waals surface area contributed by atoms with Crippen LogP contribution in [0.2, 0.25) is 0 Å². The van der Waals surface area contributed by atoms with Gasteiger partial charge in [-0.15, -0.1) is 0 Å². The van der Waals surface area contributed by atoms with Crippen molar-refractivity contribution >= 4 is 17.9 Å². The molecule has 2 heterocycles. The van der Waals surface area contributed by atoms with Gasteiger partial charge in [-0.3, -0.25) is 9.59 Å². The number of benzene rings is 2. The maximum Gasteiger partial charge on any atom is 0.254 e. The van der Waals surface area contributed by atoms with Gasteiger partial charge in [-0.05, 0) is 30.3 Å². The Labute approximate surface area is 169 Å².